The molecule has 0 atom stereocenters. The van der Waals surface area contributed by atoms with Crippen molar-refractivity contribution in [1.29, 1.82) is 0 Å². The normalized spacial score (nSPS) is 12.8. The van der Waals surface area contributed by atoms with Gasteiger partial charge in [-0.3, -0.25) is 14.5 Å². The molecular weight excluding hydrogens is 597 g/mol. The summed E-state index contributed by atoms with van der Waals surface area (Å²) in [6, 6.07) is 17.8. The zero-order valence-corrected chi connectivity index (χ0v) is 24.3. The number of nitrogens with one attached hydrogen (secondary N) is 1. The first-order chi connectivity index (χ1) is 21.8. The van der Waals surface area contributed by atoms with Crippen LogP contribution in [0.25, 0.3) is 0 Å². The molecule has 240 valence electrons. The summed E-state index contributed by atoms with van der Waals surface area (Å²) in [6.45, 7) is 2.37. The Kier molecular flexibility index (Phi) is 12.5. The molecule has 0 saturated carbocycles. The number of halogens is 3. The van der Waals surface area contributed by atoms with Gasteiger partial charge in [-0.1, -0.05) is 30.3 Å². The second-order valence-electron chi connectivity index (χ2n) is 9.64. The van der Waals surface area contributed by atoms with E-state index in [1.165, 1.54) is 23.1 Å². The number of imide groups is 1. The number of anilines is 2. The van der Waals surface area contributed by atoms with Crippen molar-refractivity contribution in [2.45, 2.75) is 6.18 Å². The van der Waals surface area contributed by atoms with Crippen LogP contribution < -0.4 is 5.32 Å². The molecule has 0 spiro atoms. The van der Waals surface area contributed by atoms with Gasteiger partial charge in [0.15, 0.2) is 0 Å². The molecule has 0 unspecified atom stereocenters. The Morgan fingerprint density at radius 1 is 0.667 bits per heavy atom. The van der Waals surface area contributed by atoms with E-state index < -0.39 is 17.7 Å². The lowest BCUT2D eigenvalue weighted by molar-refractivity contribution is -0.137. The standard InChI is InChI=1S/C32H33F3N2O8/c33-32(34,35)23-6-5-7-24(22-23)36-28-11-4-3-10-27(28)31(40)45-21-20-44-19-18-43-17-16-42-15-14-41-13-12-37-29(38)25-8-1-2-9-26(25)30(37)39/h1-11,22,36H,12-21H2. The number of para-hydroxylation sites is 1. The van der Waals surface area contributed by atoms with Crippen LogP contribution in [0, 0.1) is 0 Å². The highest BCUT2D eigenvalue weighted by molar-refractivity contribution is 6.21. The van der Waals surface area contributed by atoms with Gasteiger partial charge in [0.25, 0.3) is 11.8 Å². The third-order valence-corrected chi connectivity index (χ3v) is 6.53. The van der Waals surface area contributed by atoms with Gasteiger partial charge in [0, 0.05) is 5.69 Å². The lowest BCUT2D eigenvalue weighted by Crippen LogP contribution is -2.33. The first kappa shape index (κ1) is 33.6. The van der Waals surface area contributed by atoms with E-state index in [9.17, 15) is 27.6 Å². The second-order valence-corrected chi connectivity index (χ2v) is 9.64. The highest BCUT2D eigenvalue weighted by Crippen LogP contribution is 2.32. The molecular formula is C32H33F3N2O8. The predicted octanol–water partition coefficient (Wildman–Crippen LogP) is 4.97. The molecule has 10 nitrogen and oxygen atoms in total. The molecule has 3 aromatic rings. The number of fused-ring (bicyclic) bond motifs is 1. The molecule has 0 bridgehead atoms. The van der Waals surface area contributed by atoms with Crippen molar-refractivity contribution in [2.24, 2.45) is 0 Å². The van der Waals surface area contributed by atoms with Crippen LogP contribution in [0.2, 0.25) is 0 Å². The number of ether oxygens (including phenoxy) is 5. The molecule has 13 heteroatoms. The highest BCUT2D eigenvalue weighted by atomic mass is 19.4. The molecule has 0 saturated heterocycles. The van der Waals surface area contributed by atoms with E-state index >= 15 is 0 Å². The van der Waals surface area contributed by atoms with Gasteiger partial charge in [0.05, 0.1) is 87.3 Å². The Morgan fingerprint density at radius 2 is 1.20 bits per heavy atom. The van der Waals surface area contributed by atoms with E-state index in [1.54, 1.807) is 42.5 Å². The van der Waals surface area contributed by atoms with Crippen LogP contribution in [-0.2, 0) is 29.9 Å². The first-order valence-electron chi connectivity index (χ1n) is 14.2. The van der Waals surface area contributed by atoms with Gasteiger partial charge in [0.2, 0.25) is 0 Å². The van der Waals surface area contributed by atoms with Crippen LogP contribution in [0.5, 0.6) is 0 Å². The van der Waals surface area contributed by atoms with Crippen LogP contribution in [0.15, 0.2) is 72.8 Å². The molecule has 2 amide bonds. The maximum absolute atomic E-state index is 13.0. The van der Waals surface area contributed by atoms with Gasteiger partial charge < -0.3 is 29.0 Å². The van der Waals surface area contributed by atoms with E-state index in [4.69, 9.17) is 23.7 Å². The minimum absolute atomic E-state index is 0.0210. The van der Waals surface area contributed by atoms with Crippen molar-refractivity contribution >= 4 is 29.2 Å². The summed E-state index contributed by atoms with van der Waals surface area (Å²) in [7, 11) is 0. The fourth-order valence-electron chi connectivity index (χ4n) is 4.33. The fraction of sp³-hybridized carbons (Fsp3) is 0.344. The third-order valence-electron chi connectivity index (χ3n) is 6.53. The molecule has 45 heavy (non-hydrogen) atoms. The Morgan fingerprint density at radius 3 is 1.80 bits per heavy atom. The predicted molar refractivity (Wildman–Crippen MR) is 157 cm³/mol. The number of benzene rings is 3. The molecule has 1 N–H and O–H groups in total. The molecule has 3 aromatic carbocycles. The Bertz CT molecular complexity index is 1410. The van der Waals surface area contributed by atoms with E-state index in [2.05, 4.69) is 5.32 Å². The van der Waals surface area contributed by atoms with Crippen molar-refractivity contribution in [3.8, 4) is 0 Å². The monoisotopic (exact) mass is 630 g/mol. The van der Waals surface area contributed by atoms with E-state index in [0.717, 1.165) is 12.1 Å². The fourth-order valence-corrected chi connectivity index (χ4v) is 4.33. The van der Waals surface area contributed by atoms with E-state index in [-0.39, 0.29) is 56.0 Å². The maximum Gasteiger partial charge on any atom is 0.416 e. The second kappa shape index (κ2) is 16.7. The SMILES string of the molecule is O=C(OCCOCCOCCOCCOCCN1C(=O)c2ccccc2C1=O)c1ccccc1Nc1cccc(C(F)(F)F)c1. The third kappa shape index (κ3) is 9.85. The van der Waals surface area contributed by atoms with Crippen LogP contribution >= 0.6 is 0 Å². The number of hydrogen-bond acceptors (Lipinski definition) is 9. The quantitative estimate of drug-likeness (QED) is 0.118. The van der Waals surface area contributed by atoms with Gasteiger partial charge in [-0.25, -0.2) is 4.79 Å². The van der Waals surface area contributed by atoms with Gasteiger partial charge in [0.1, 0.15) is 6.61 Å². The Balaban J connectivity index is 0.995. The summed E-state index contributed by atoms with van der Waals surface area (Å²) in [5.41, 5.74) is 0.684. The van der Waals surface area contributed by atoms with Gasteiger partial charge >= 0.3 is 12.1 Å². The van der Waals surface area contributed by atoms with Crippen LogP contribution in [-0.4, -0.2) is 88.7 Å². The highest BCUT2D eigenvalue weighted by Gasteiger charge is 2.34. The zero-order chi connectivity index (χ0) is 32.1. The number of carbonyl (C=O) groups is 3. The van der Waals surface area contributed by atoms with Crippen LogP contribution in [0.1, 0.15) is 36.6 Å². The van der Waals surface area contributed by atoms with Gasteiger partial charge in [-0.2, -0.15) is 13.2 Å². The van der Waals surface area contributed by atoms with Gasteiger partial charge in [-0.15, -0.1) is 0 Å². The number of alkyl halides is 3. The van der Waals surface area contributed by atoms with Gasteiger partial charge in [-0.05, 0) is 42.5 Å². The number of carbonyl (C=O) groups excluding carboxylic acids is 3. The van der Waals surface area contributed by atoms with Crippen molar-refractivity contribution in [2.75, 3.05) is 71.3 Å². The molecule has 1 aliphatic heterocycles. The average Bonchev–Trinajstić information content (AvgIpc) is 3.27. The van der Waals surface area contributed by atoms with Crippen LogP contribution in [0.4, 0.5) is 24.5 Å². The number of amides is 2. The maximum atomic E-state index is 13.0. The molecule has 1 aliphatic rings. The molecule has 0 radical (unpaired) electrons. The smallest absolute Gasteiger partial charge is 0.416 e. The van der Waals surface area contributed by atoms with E-state index in [1.807, 2.05) is 0 Å². The number of esters is 1. The van der Waals surface area contributed by atoms with Crippen molar-refractivity contribution in [1.82, 2.24) is 4.90 Å². The Hall–Kier alpha value is -4.30. The minimum atomic E-state index is -4.48. The Labute approximate surface area is 258 Å². The average molecular weight is 631 g/mol. The molecule has 1 heterocycles. The molecule has 0 aromatic heterocycles. The zero-order valence-electron chi connectivity index (χ0n) is 24.3. The molecule has 0 aliphatic carbocycles. The molecule has 0 fully saturated rings. The largest absolute Gasteiger partial charge is 0.460 e. The number of nitrogens with zero attached hydrogens (tertiary/aromatic N) is 1. The van der Waals surface area contributed by atoms with E-state index in [0.29, 0.717) is 49.8 Å². The summed E-state index contributed by atoms with van der Waals surface area (Å²) in [5.74, 6) is -1.27. The van der Waals surface area contributed by atoms with Crippen LogP contribution in [0.3, 0.4) is 0 Å². The summed E-state index contributed by atoms with van der Waals surface area (Å²) in [5, 5.41) is 2.84. The lowest BCUT2D eigenvalue weighted by Gasteiger charge is -2.14. The lowest BCUT2D eigenvalue weighted by atomic mass is 10.1. The first-order valence-corrected chi connectivity index (χ1v) is 14.2. The number of rotatable bonds is 18. The summed E-state index contributed by atoms with van der Waals surface area (Å²) in [4.78, 5) is 38.3. The summed E-state index contributed by atoms with van der Waals surface area (Å²) < 4.78 is 66.0. The van der Waals surface area contributed by atoms with Crippen molar-refractivity contribution in [3.63, 3.8) is 0 Å². The topological polar surface area (TPSA) is 113 Å². The van der Waals surface area contributed by atoms with Crippen molar-refractivity contribution in [3.05, 3.63) is 95.1 Å². The minimum Gasteiger partial charge on any atom is -0.460 e. The number of hydrogen-bond donors (Lipinski definition) is 1. The summed E-state index contributed by atoms with van der Waals surface area (Å²) in [6.07, 6.45) is -4.48. The molecule has 4 rings (SSSR count). The van der Waals surface area contributed by atoms with Crippen molar-refractivity contribution < 1.29 is 51.2 Å². The summed E-state index contributed by atoms with van der Waals surface area (Å²) >= 11 is 0.